The second-order valence-corrected chi connectivity index (χ2v) is 10.5. The number of allylic oxidation sites excluding steroid dienone is 2. The molecule has 38 heavy (non-hydrogen) atoms. The number of aliphatic carboxylic acids is 2. The predicted molar refractivity (Wildman–Crippen MR) is 128 cm³/mol. The minimum Gasteiger partial charge on any atom is -0.508 e. The summed E-state index contributed by atoms with van der Waals surface area (Å²) in [5.41, 5.74) is 2.03. The first-order valence-electron chi connectivity index (χ1n) is 12.6. The van der Waals surface area contributed by atoms with Gasteiger partial charge in [0.25, 0.3) is 0 Å². The van der Waals surface area contributed by atoms with E-state index in [9.17, 15) is 33.9 Å². The van der Waals surface area contributed by atoms with Crippen molar-refractivity contribution in [2.24, 2.45) is 29.6 Å². The number of aryl methyl sites for hydroxylation is 1. The second kappa shape index (κ2) is 9.38. The standard InChI is InChI=1S/C27H28N2O9/c1-12-10-13(2-5-18(12)30)21-14-3-4-15-22(26(37)28(24(15)35)8-6-19(31)32)16(14)11-17-23(21)27(38)29(25(17)36)9-7-20(33)34/h2-3,5,10,15-17,21-23,30H,4,6-9,11H2,1H3,(H,31,32)(H,33,34). The van der Waals surface area contributed by atoms with Crippen molar-refractivity contribution < 1.29 is 44.1 Å². The van der Waals surface area contributed by atoms with E-state index in [4.69, 9.17) is 10.2 Å². The molecule has 0 spiro atoms. The number of aromatic hydroxyl groups is 1. The zero-order chi connectivity index (χ0) is 27.5. The number of carboxylic acid groups (broad SMARTS) is 2. The second-order valence-electron chi connectivity index (χ2n) is 10.5. The summed E-state index contributed by atoms with van der Waals surface area (Å²) in [6.07, 6.45) is 1.53. The Kier molecular flexibility index (Phi) is 6.32. The summed E-state index contributed by atoms with van der Waals surface area (Å²) in [5, 5.41) is 28.3. The number of phenolic OH excluding ortho intramolecular Hbond substituents is 1. The molecule has 200 valence electrons. The van der Waals surface area contributed by atoms with Crippen LogP contribution in [0.5, 0.6) is 5.75 Å². The van der Waals surface area contributed by atoms with Crippen molar-refractivity contribution in [3.63, 3.8) is 0 Å². The molecule has 4 amide bonds. The van der Waals surface area contributed by atoms with Crippen molar-refractivity contribution in [1.82, 2.24) is 9.80 Å². The van der Waals surface area contributed by atoms with E-state index in [1.807, 2.05) is 6.08 Å². The molecule has 0 aromatic heterocycles. The van der Waals surface area contributed by atoms with Gasteiger partial charge in [-0.25, -0.2) is 0 Å². The maximum absolute atomic E-state index is 13.6. The van der Waals surface area contributed by atoms with Crippen LogP contribution in [0, 0.1) is 36.5 Å². The third-order valence-electron chi connectivity index (χ3n) is 8.51. The number of imide groups is 2. The largest absolute Gasteiger partial charge is 0.508 e. The zero-order valence-electron chi connectivity index (χ0n) is 20.7. The molecular weight excluding hydrogens is 496 g/mol. The van der Waals surface area contributed by atoms with Crippen LogP contribution in [0.25, 0.3) is 0 Å². The lowest BCUT2D eigenvalue weighted by atomic mass is 9.57. The molecule has 1 aromatic rings. The number of hydrogen-bond donors (Lipinski definition) is 3. The molecule has 11 nitrogen and oxygen atoms in total. The monoisotopic (exact) mass is 524 g/mol. The van der Waals surface area contributed by atoms with E-state index in [0.717, 1.165) is 15.4 Å². The highest BCUT2D eigenvalue weighted by Gasteiger charge is 2.61. The number of phenols is 1. The molecule has 5 rings (SSSR count). The number of likely N-dealkylation sites (tertiary alicyclic amines) is 2. The van der Waals surface area contributed by atoms with Crippen LogP contribution in [-0.2, 0) is 28.8 Å². The van der Waals surface area contributed by atoms with Gasteiger partial charge in [-0.2, -0.15) is 0 Å². The van der Waals surface area contributed by atoms with Gasteiger partial charge in [-0.3, -0.25) is 38.6 Å². The molecule has 1 saturated carbocycles. The zero-order valence-corrected chi connectivity index (χ0v) is 20.7. The summed E-state index contributed by atoms with van der Waals surface area (Å²) in [4.78, 5) is 77.8. The topological polar surface area (TPSA) is 170 Å². The average molecular weight is 525 g/mol. The molecule has 6 unspecified atom stereocenters. The molecule has 0 radical (unpaired) electrons. The summed E-state index contributed by atoms with van der Waals surface area (Å²) in [6, 6.07) is 4.93. The van der Waals surface area contributed by atoms with Gasteiger partial charge in [0.15, 0.2) is 0 Å². The lowest BCUT2D eigenvalue weighted by Gasteiger charge is -2.44. The van der Waals surface area contributed by atoms with Gasteiger partial charge >= 0.3 is 11.9 Å². The minimum absolute atomic E-state index is 0.0675. The van der Waals surface area contributed by atoms with Crippen molar-refractivity contribution in [3.05, 3.63) is 41.0 Å². The van der Waals surface area contributed by atoms with E-state index in [-0.39, 0.29) is 44.5 Å². The number of amides is 4. The Hall–Kier alpha value is -4.02. The van der Waals surface area contributed by atoms with Crippen LogP contribution in [0.3, 0.4) is 0 Å². The lowest BCUT2D eigenvalue weighted by Crippen LogP contribution is -2.43. The number of hydrogen-bond acceptors (Lipinski definition) is 7. The fourth-order valence-corrected chi connectivity index (χ4v) is 6.82. The molecule has 2 saturated heterocycles. The number of nitrogens with zero attached hydrogens (tertiary/aromatic N) is 2. The van der Waals surface area contributed by atoms with E-state index >= 15 is 0 Å². The fraction of sp³-hybridized carbons (Fsp3) is 0.481. The Bertz CT molecular complexity index is 1300. The van der Waals surface area contributed by atoms with E-state index in [2.05, 4.69) is 0 Å². The van der Waals surface area contributed by atoms with Gasteiger partial charge < -0.3 is 15.3 Å². The number of carbonyl (C=O) groups is 6. The summed E-state index contributed by atoms with van der Waals surface area (Å²) in [6.45, 7) is 1.23. The van der Waals surface area contributed by atoms with Crippen LogP contribution in [0.15, 0.2) is 29.8 Å². The highest BCUT2D eigenvalue weighted by molar-refractivity contribution is 6.08. The Morgan fingerprint density at radius 3 is 2.00 bits per heavy atom. The first-order chi connectivity index (χ1) is 18.0. The van der Waals surface area contributed by atoms with Crippen molar-refractivity contribution >= 4 is 35.6 Å². The summed E-state index contributed by atoms with van der Waals surface area (Å²) >= 11 is 0. The first-order valence-corrected chi connectivity index (χ1v) is 12.6. The smallest absolute Gasteiger partial charge is 0.305 e. The first kappa shape index (κ1) is 25.6. The predicted octanol–water partition coefficient (Wildman–Crippen LogP) is 1.29. The maximum Gasteiger partial charge on any atom is 0.305 e. The Morgan fingerprint density at radius 1 is 0.842 bits per heavy atom. The van der Waals surface area contributed by atoms with Gasteiger partial charge in [0.1, 0.15) is 5.75 Å². The number of carboxylic acids is 2. The molecule has 3 fully saturated rings. The molecule has 6 atom stereocenters. The van der Waals surface area contributed by atoms with Gasteiger partial charge in [0.05, 0.1) is 36.5 Å². The molecule has 4 aliphatic rings. The highest BCUT2D eigenvalue weighted by Crippen LogP contribution is 2.58. The van der Waals surface area contributed by atoms with E-state index in [1.54, 1.807) is 19.1 Å². The van der Waals surface area contributed by atoms with Crippen molar-refractivity contribution in [3.8, 4) is 5.75 Å². The molecule has 0 bridgehead atoms. The third-order valence-corrected chi connectivity index (χ3v) is 8.51. The molecular formula is C27H28N2O9. The normalized spacial score (nSPS) is 30.2. The van der Waals surface area contributed by atoms with E-state index < -0.39 is 71.1 Å². The summed E-state index contributed by atoms with van der Waals surface area (Å²) in [5.74, 6) is -8.17. The van der Waals surface area contributed by atoms with Crippen molar-refractivity contribution in [1.29, 1.82) is 0 Å². The molecule has 2 aliphatic heterocycles. The maximum atomic E-state index is 13.6. The Balaban J connectivity index is 1.56. The molecule has 1 aromatic carbocycles. The molecule has 2 heterocycles. The van der Waals surface area contributed by atoms with Crippen LogP contribution in [-0.4, -0.2) is 73.8 Å². The Labute approximate surface area is 217 Å². The number of carbonyl (C=O) groups excluding carboxylic acids is 4. The quantitative estimate of drug-likeness (QED) is 0.351. The van der Waals surface area contributed by atoms with Gasteiger partial charge in [-0.15, -0.1) is 0 Å². The van der Waals surface area contributed by atoms with Gasteiger partial charge in [0, 0.05) is 19.0 Å². The van der Waals surface area contributed by atoms with E-state index in [1.165, 1.54) is 6.07 Å². The Morgan fingerprint density at radius 2 is 1.42 bits per heavy atom. The number of fused-ring (bicyclic) bond motifs is 4. The van der Waals surface area contributed by atoms with Gasteiger partial charge in [-0.05, 0) is 42.9 Å². The van der Waals surface area contributed by atoms with Crippen LogP contribution in [0.2, 0.25) is 0 Å². The lowest BCUT2D eigenvalue weighted by molar-refractivity contribution is -0.145. The minimum atomic E-state index is -1.14. The van der Waals surface area contributed by atoms with Crippen LogP contribution in [0.1, 0.15) is 42.7 Å². The number of benzene rings is 1. The average Bonchev–Trinajstić information content (AvgIpc) is 3.25. The van der Waals surface area contributed by atoms with Crippen molar-refractivity contribution in [2.45, 2.75) is 38.5 Å². The van der Waals surface area contributed by atoms with Gasteiger partial charge in [0.2, 0.25) is 23.6 Å². The van der Waals surface area contributed by atoms with Gasteiger partial charge in [-0.1, -0.05) is 23.8 Å². The summed E-state index contributed by atoms with van der Waals surface area (Å²) in [7, 11) is 0. The third kappa shape index (κ3) is 3.97. The molecule has 3 N–H and O–H groups in total. The number of rotatable bonds is 7. The van der Waals surface area contributed by atoms with E-state index in [0.29, 0.717) is 11.1 Å². The van der Waals surface area contributed by atoms with Crippen LogP contribution in [0.4, 0.5) is 0 Å². The molecule has 2 aliphatic carbocycles. The van der Waals surface area contributed by atoms with Crippen LogP contribution < -0.4 is 0 Å². The highest BCUT2D eigenvalue weighted by atomic mass is 16.4. The van der Waals surface area contributed by atoms with Crippen LogP contribution >= 0.6 is 0 Å². The van der Waals surface area contributed by atoms with Crippen molar-refractivity contribution in [2.75, 3.05) is 13.1 Å². The summed E-state index contributed by atoms with van der Waals surface area (Å²) < 4.78 is 0. The SMILES string of the molecule is Cc1cc(C2C3=CCC4C(=O)N(CCC(=O)O)C(=O)C4C3CC3C(=O)N(CCC(=O)O)C(=O)C32)ccc1O. The molecule has 11 heteroatoms. The fourth-order valence-electron chi connectivity index (χ4n) is 6.82.